The van der Waals surface area contributed by atoms with Gasteiger partial charge in [-0.1, -0.05) is 78.9 Å². The average Bonchev–Trinajstić information content (AvgIpc) is 3.56. The highest BCUT2D eigenvalue weighted by Crippen LogP contribution is 2.44. The van der Waals surface area contributed by atoms with Crippen molar-refractivity contribution in [2.75, 3.05) is 19.7 Å². The van der Waals surface area contributed by atoms with Gasteiger partial charge in [-0.25, -0.2) is 4.79 Å². The second-order valence-electron chi connectivity index (χ2n) is 10.5. The molecule has 0 aromatic heterocycles. The van der Waals surface area contributed by atoms with Crippen molar-refractivity contribution in [1.29, 1.82) is 0 Å². The zero-order valence-corrected chi connectivity index (χ0v) is 22.5. The lowest BCUT2D eigenvalue weighted by molar-refractivity contribution is -0.139. The van der Waals surface area contributed by atoms with Crippen LogP contribution in [0.4, 0.5) is 4.79 Å². The molecule has 1 fully saturated rings. The van der Waals surface area contributed by atoms with Crippen molar-refractivity contribution in [3.8, 4) is 11.1 Å². The van der Waals surface area contributed by atoms with E-state index in [0.717, 1.165) is 27.8 Å². The molecule has 1 saturated heterocycles. The number of hydrogen-bond donors (Lipinski definition) is 2. The number of carboxylic acid groups (broad SMARTS) is 1. The molecule has 5 rings (SSSR count). The van der Waals surface area contributed by atoms with Crippen molar-refractivity contribution >= 4 is 18.0 Å². The van der Waals surface area contributed by atoms with Crippen LogP contribution in [0.5, 0.6) is 0 Å². The zero-order chi connectivity index (χ0) is 28.1. The lowest BCUT2D eigenvalue weighted by Gasteiger charge is -2.28. The third-order valence-electron chi connectivity index (χ3n) is 7.77. The smallest absolute Gasteiger partial charge is 0.407 e. The molecule has 0 radical (unpaired) electrons. The fourth-order valence-corrected chi connectivity index (χ4v) is 5.69. The summed E-state index contributed by atoms with van der Waals surface area (Å²) in [4.78, 5) is 39.5. The van der Waals surface area contributed by atoms with Crippen molar-refractivity contribution in [2.24, 2.45) is 5.92 Å². The Balaban J connectivity index is 1.26. The van der Waals surface area contributed by atoms with Gasteiger partial charge in [0.15, 0.2) is 0 Å². The Labute approximate surface area is 233 Å². The molecule has 2 N–H and O–H groups in total. The van der Waals surface area contributed by atoms with E-state index >= 15 is 0 Å². The second-order valence-corrected chi connectivity index (χ2v) is 10.5. The molecule has 1 aliphatic carbocycles. The van der Waals surface area contributed by atoms with Crippen LogP contribution in [0.25, 0.3) is 11.1 Å². The molecule has 1 aliphatic heterocycles. The molecule has 1 heterocycles. The number of amides is 2. The number of hydrogen-bond acceptors (Lipinski definition) is 5. The molecule has 0 bridgehead atoms. The average molecular weight is 543 g/mol. The minimum atomic E-state index is -0.983. The lowest BCUT2D eigenvalue weighted by atomic mass is 9.98. The van der Waals surface area contributed by atoms with E-state index in [4.69, 9.17) is 14.6 Å². The summed E-state index contributed by atoms with van der Waals surface area (Å²) in [5.74, 6) is -1.40. The SMILES string of the molecule is C[C@H](OCc1ccccc1)[C@@H](NC(=O)OCC1c2ccccc2-c2ccccc21)C(=O)N1CCC(CC(=O)O)C1. The predicted molar refractivity (Wildman–Crippen MR) is 150 cm³/mol. The first kappa shape index (κ1) is 27.4. The highest BCUT2D eigenvalue weighted by atomic mass is 16.5. The van der Waals surface area contributed by atoms with Gasteiger partial charge in [0.05, 0.1) is 12.7 Å². The quantitative estimate of drug-likeness (QED) is 0.381. The molecule has 0 saturated carbocycles. The van der Waals surface area contributed by atoms with Crippen molar-refractivity contribution in [1.82, 2.24) is 10.2 Å². The van der Waals surface area contributed by atoms with Gasteiger partial charge in [-0.3, -0.25) is 9.59 Å². The van der Waals surface area contributed by atoms with Crippen LogP contribution in [0, 0.1) is 5.92 Å². The van der Waals surface area contributed by atoms with E-state index in [1.807, 2.05) is 66.7 Å². The number of ether oxygens (including phenoxy) is 2. The van der Waals surface area contributed by atoms with E-state index in [9.17, 15) is 14.4 Å². The summed E-state index contributed by atoms with van der Waals surface area (Å²) in [6.45, 7) is 2.93. The van der Waals surface area contributed by atoms with Gasteiger partial charge in [-0.2, -0.15) is 0 Å². The Kier molecular flexibility index (Phi) is 8.45. The fraction of sp³-hybridized carbons (Fsp3) is 0.344. The number of nitrogens with zero attached hydrogens (tertiary/aromatic N) is 1. The number of carboxylic acids is 1. The Morgan fingerprint density at radius 1 is 0.950 bits per heavy atom. The number of fused-ring (bicyclic) bond motifs is 3. The van der Waals surface area contributed by atoms with Crippen LogP contribution in [-0.4, -0.2) is 59.8 Å². The fourth-order valence-electron chi connectivity index (χ4n) is 5.69. The summed E-state index contributed by atoms with van der Waals surface area (Å²) in [5, 5.41) is 11.9. The molecule has 40 heavy (non-hydrogen) atoms. The van der Waals surface area contributed by atoms with Crippen LogP contribution in [0.1, 0.15) is 42.4 Å². The Morgan fingerprint density at radius 3 is 2.23 bits per heavy atom. The second kappa shape index (κ2) is 12.3. The molecule has 2 aliphatic rings. The molecule has 3 aromatic carbocycles. The van der Waals surface area contributed by atoms with Gasteiger partial charge in [0, 0.05) is 25.4 Å². The molecule has 8 nitrogen and oxygen atoms in total. The number of carbonyl (C=O) groups excluding carboxylic acids is 2. The number of likely N-dealkylation sites (tertiary alicyclic amines) is 1. The Hall–Kier alpha value is -4.17. The van der Waals surface area contributed by atoms with Gasteiger partial charge in [0.1, 0.15) is 12.6 Å². The summed E-state index contributed by atoms with van der Waals surface area (Å²) in [6, 6.07) is 24.8. The van der Waals surface area contributed by atoms with Crippen molar-refractivity contribution in [3.63, 3.8) is 0 Å². The zero-order valence-electron chi connectivity index (χ0n) is 22.5. The topological polar surface area (TPSA) is 105 Å². The van der Waals surface area contributed by atoms with E-state index in [2.05, 4.69) is 17.4 Å². The summed E-state index contributed by atoms with van der Waals surface area (Å²) < 4.78 is 11.7. The summed E-state index contributed by atoms with van der Waals surface area (Å²) in [6.07, 6.45) is -0.730. The maximum atomic E-state index is 13.6. The van der Waals surface area contributed by atoms with E-state index < -0.39 is 24.2 Å². The third kappa shape index (κ3) is 6.18. The highest BCUT2D eigenvalue weighted by Gasteiger charge is 2.36. The number of alkyl carbamates (subject to hydrolysis) is 1. The molecule has 2 amide bonds. The van der Waals surface area contributed by atoms with E-state index in [0.29, 0.717) is 19.5 Å². The van der Waals surface area contributed by atoms with E-state index in [1.54, 1.807) is 11.8 Å². The molecule has 8 heteroatoms. The normalized spacial score (nSPS) is 17.5. The molecule has 3 aromatic rings. The first-order valence-corrected chi connectivity index (χ1v) is 13.7. The largest absolute Gasteiger partial charge is 0.481 e. The van der Waals surface area contributed by atoms with Crippen LogP contribution in [0.15, 0.2) is 78.9 Å². The van der Waals surface area contributed by atoms with Crippen molar-refractivity contribution < 1.29 is 29.0 Å². The summed E-state index contributed by atoms with van der Waals surface area (Å²) in [7, 11) is 0. The van der Waals surface area contributed by atoms with Crippen molar-refractivity contribution in [3.05, 3.63) is 95.6 Å². The Bertz CT molecular complexity index is 1310. The van der Waals surface area contributed by atoms with Crippen LogP contribution in [-0.2, 0) is 25.7 Å². The first-order valence-electron chi connectivity index (χ1n) is 13.7. The molecule has 208 valence electrons. The lowest BCUT2D eigenvalue weighted by Crippen LogP contribution is -2.54. The van der Waals surface area contributed by atoms with E-state index in [-0.39, 0.29) is 37.4 Å². The van der Waals surface area contributed by atoms with Gasteiger partial charge < -0.3 is 24.8 Å². The van der Waals surface area contributed by atoms with Gasteiger partial charge in [0.25, 0.3) is 0 Å². The molecular weight excluding hydrogens is 508 g/mol. The molecule has 1 unspecified atom stereocenters. The van der Waals surface area contributed by atoms with Crippen LogP contribution in [0.3, 0.4) is 0 Å². The van der Waals surface area contributed by atoms with Gasteiger partial charge in [-0.05, 0) is 47.1 Å². The maximum Gasteiger partial charge on any atom is 0.407 e. The minimum absolute atomic E-state index is 0.00825. The molecule has 0 spiro atoms. The number of benzene rings is 3. The van der Waals surface area contributed by atoms with Crippen LogP contribution >= 0.6 is 0 Å². The third-order valence-corrected chi connectivity index (χ3v) is 7.77. The number of nitrogens with one attached hydrogen (secondary N) is 1. The first-order chi connectivity index (χ1) is 19.4. The Morgan fingerprint density at radius 2 is 1.57 bits per heavy atom. The van der Waals surface area contributed by atoms with Gasteiger partial charge in [0.2, 0.25) is 5.91 Å². The molecule has 3 atom stereocenters. The summed E-state index contributed by atoms with van der Waals surface area (Å²) >= 11 is 0. The number of carbonyl (C=O) groups is 3. The summed E-state index contributed by atoms with van der Waals surface area (Å²) in [5.41, 5.74) is 5.42. The van der Waals surface area contributed by atoms with Crippen molar-refractivity contribution in [2.45, 2.75) is 44.4 Å². The number of rotatable bonds is 10. The maximum absolute atomic E-state index is 13.6. The van der Waals surface area contributed by atoms with Gasteiger partial charge >= 0.3 is 12.1 Å². The molecular formula is C32H34N2O6. The number of aliphatic carboxylic acids is 1. The van der Waals surface area contributed by atoms with Crippen LogP contribution in [0.2, 0.25) is 0 Å². The van der Waals surface area contributed by atoms with E-state index in [1.165, 1.54) is 0 Å². The van der Waals surface area contributed by atoms with Gasteiger partial charge in [-0.15, -0.1) is 0 Å². The van der Waals surface area contributed by atoms with Crippen LogP contribution < -0.4 is 5.32 Å². The standard InChI is InChI=1S/C32H34N2O6/c1-21(39-19-22-9-3-2-4-10-22)30(31(37)34-16-15-23(18-34)17-29(35)36)33-32(38)40-20-28-26-13-7-5-11-24(26)25-12-6-8-14-27(25)28/h2-14,21,23,28,30H,15-20H2,1H3,(H,33,38)(H,35,36)/t21-,23?,30+/m0/s1. The minimum Gasteiger partial charge on any atom is -0.481 e. The highest BCUT2D eigenvalue weighted by molar-refractivity contribution is 5.87. The predicted octanol–water partition coefficient (Wildman–Crippen LogP) is 4.82. The monoisotopic (exact) mass is 542 g/mol.